The third kappa shape index (κ3) is 3.59. The summed E-state index contributed by atoms with van der Waals surface area (Å²) < 4.78 is 28.4. The number of rotatable bonds is 4. The van der Waals surface area contributed by atoms with Gasteiger partial charge < -0.3 is 0 Å². The molecule has 2 amide bonds. The summed E-state index contributed by atoms with van der Waals surface area (Å²) in [6.07, 6.45) is 0.367. The molecule has 3 rings (SSSR count). The van der Waals surface area contributed by atoms with Crippen LogP contribution >= 0.6 is 15.9 Å². The molecule has 0 unspecified atom stereocenters. The van der Waals surface area contributed by atoms with Crippen LogP contribution in [0.1, 0.15) is 18.4 Å². The molecule has 6 nitrogen and oxygen atoms in total. The van der Waals surface area contributed by atoms with E-state index in [2.05, 4.69) is 20.7 Å². The highest BCUT2D eigenvalue weighted by molar-refractivity contribution is 9.10. The lowest BCUT2D eigenvalue weighted by Crippen LogP contribution is -2.29. The van der Waals surface area contributed by atoms with E-state index in [-0.39, 0.29) is 29.6 Å². The number of halogens is 1. The van der Waals surface area contributed by atoms with E-state index < -0.39 is 10.0 Å². The second-order valence-electron chi connectivity index (χ2n) is 5.69. The van der Waals surface area contributed by atoms with Crippen LogP contribution in [-0.4, -0.2) is 20.2 Å². The Morgan fingerprint density at radius 1 is 1.04 bits per heavy atom. The van der Waals surface area contributed by atoms with Crippen molar-refractivity contribution in [2.24, 2.45) is 0 Å². The number of amides is 2. The summed E-state index contributed by atoms with van der Waals surface area (Å²) in [5, 5.41) is 0. The first-order valence-corrected chi connectivity index (χ1v) is 9.80. The van der Waals surface area contributed by atoms with Gasteiger partial charge >= 0.3 is 0 Å². The molecule has 0 atom stereocenters. The van der Waals surface area contributed by atoms with Crippen molar-refractivity contribution in [1.82, 2.24) is 0 Å². The van der Waals surface area contributed by atoms with Gasteiger partial charge in [0.05, 0.1) is 10.6 Å². The average molecular weight is 423 g/mol. The highest BCUT2D eigenvalue weighted by Gasteiger charge is 2.31. The fourth-order valence-electron chi connectivity index (χ4n) is 2.66. The normalized spacial score (nSPS) is 14.9. The van der Waals surface area contributed by atoms with Crippen LogP contribution < -0.4 is 9.62 Å². The van der Waals surface area contributed by atoms with Crippen molar-refractivity contribution < 1.29 is 18.0 Å². The number of nitrogens with one attached hydrogen (secondary N) is 1. The predicted molar refractivity (Wildman–Crippen MR) is 97.9 cm³/mol. The van der Waals surface area contributed by atoms with Crippen LogP contribution in [0.4, 0.5) is 11.4 Å². The van der Waals surface area contributed by atoms with Gasteiger partial charge in [-0.05, 0) is 48.9 Å². The lowest BCUT2D eigenvalue weighted by Gasteiger charge is -2.17. The molecular formula is C17H15BrN2O4S. The summed E-state index contributed by atoms with van der Waals surface area (Å²) in [5.74, 6) is -0.535. The molecular weight excluding hydrogens is 408 g/mol. The van der Waals surface area contributed by atoms with Gasteiger partial charge in [-0.25, -0.2) is 8.42 Å². The van der Waals surface area contributed by atoms with Crippen molar-refractivity contribution in [3.8, 4) is 0 Å². The van der Waals surface area contributed by atoms with Crippen LogP contribution in [0, 0.1) is 6.92 Å². The molecule has 2 aromatic rings. The van der Waals surface area contributed by atoms with Gasteiger partial charge in [0.25, 0.3) is 10.0 Å². The summed E-state index contributed by atoms with van der Waals surface area (Å²) in [4.78, 5) is 24.9. The molecule has 1 heterocycles. The minimum absolute atomic E-state index is 0.0628. The summed E-state index contributed by atoms with van der Waals surface area (Å²) in [6, 6.07) is 11.1. The Bertz CT molecular complexity index is 956. The molecule has 2 aromatic carbocycles. The number of aryl methyl sites for hydroxylation is 1. The first-order valence-electron chi connectivity index (χ1n) is 7.53. The van der Waals surface area contributed by atoms with Crippen LogP contribution in [0.25, 0.3) is 0 Å². The van der Waals surface area contributed by atoms with Crippen LogP contribution in [-0.2, 0) is 19.6 Å². The molecule has 1 saturated heterocycles. The maximum Gasteiger partial charge on any atom is 0.261 e. The Balaban J connectivity index is 1.92. The molecule has 0 spiro atoms. The van der Waals surface area contributed by atoms with Crippen LogP contribution in [0.3, 0.4) is 0 Å². The molecule has 1 fully saturated rings. The lowest BCUT2D eigenvalue weighted by atomic mass is 10.2. The van der Waals surface area contributed by atoms with Gasteiger partial charge in [-0.1, -0.05) is 22.0 Å². The number of carbonyl (C=O) groups excluding carboxylic acids is 2. The highest BCUT2D eigenvalue weighted by atomic mass is 79.9. The Morgan fingerprint density at radius 2 is 1.72 bits per heavy atom. The smallest absolute Gasteiger partial charge is 0.261 e. The first-order chi connectivity index (χ1) is 11.8. The van der Waals surface area contributed by atoms with Gasteiger partial charge in [0.1, 0.15) is 0 Å². The molecule has 1 aliphatic rings. The quantitative estimate of drug-likeness (QED) is 0.766. The summed E-state index contributed by atoms with van der Waals surface area (Å²) in [7, 11) is -3.78. The molecule has 1 N–H and O–H groups in total. The zero-order chi connectivity index (χ0) is 18.2. The standard InChI is InChI=1S/C17H15BrN2O4S/c1-11-9-14(5-6-15(11)20-16(21)7-8-17(20)22)25(23,24)19-13-4-2-3-12(18)10-13/h2-6,9-10,19H,7-8H2,1H3. The SMILES string of the molecule is Cc1cc(S(=O)(=O)Nc2cccc(Br)c2)ccc1N1C(=O)CCC1=O. The number of nitrogens with zero attached hydrogens (tertiary/aromatic N) is 1. The Hall–Kier alpha value is -2.19. The Kier molecular flexibility index (Phi) is 4.66. The highest BCUT2D eigenvalue weighted by Crippen LogP contribution is 2.29. The predicted octanol–water partition coefficient (Wildman–Crippen LogP) is 3.21. The minimum atomic E-state index is -3.78. The Morgan fingerprint density at radius 3 is 2.32 bits per heavy atom. The van der Waals surface area contributed by atoms with E-state index >= 15 is 0 Å². The van der Waals surface area contributed by atoms with Gasteiger partial charge in [0.15, 0.2) is 0 Å². The van der Waals surface area contributed by atoms with Crippen LogP contribution in [0.15, 0.2) is 51.8 Å². The summed E-state index contributed by atoms with van der Waals surface area (Å²) >= 11 is 3.29. The molecule has 25 heavy (non-hydrogen) atoms. The summed E-state index contributed by atoms with van der Waals surface area (Å²) in [5.41, 5.74) is 1.40. The molecule has 0 saturated carbocycles. The van der Waals surface area contributed by atoms with Gasteiger partial charge in [-0.2, -0.15) is 0 Å². The molecule has 0 aromatic heterocycles. The van der Waals surface area contributed by atoms with E-state index in [1.807, 2.05) is 0 Å². The van der Waals surface area contributed by atoms with Crippen molar-refractivity contribution in [3.05, 3.63) is 52.5 Å². The third-order valence-corrected chi connectivity index (χ3v) is 5.72. The van der Waals surface area contributed by atoms with Gasteiger partial charge in [-0.15, -0.1) is 0 Å². The average Bonchev–Trinajstić information content (AvgIpc) is 2.86. The maximum atomic E-state index is 12.6. The molecule has 0 radical (unpaired) electrons. The molecule has 0 bridgehead atoms. The van der Waals surface area contributed by atoms with E-state index in [4.69, 9.17) is 0 Å². The van der Waals surface area contributed by atoms with Crippen molar-refractivity contribution >= 4 is 49.1 Å². The van der Waals surface area contributed by atoms with E-state index in [0.29, 0.717) is 16.9 Å². The van der Waals surface area contributed by atoms with E-state index in [1.165, 1.54) is 18.2 Å². The molecule has 1 aliphatic heterocycles. The number of hydrogen-bond donors (Lipinski definition) is 1. The van der Waals surface area contributed by atoms with E-state index in [0.717, 1.165) is 9.37 Å². The van der Waals surface area contributed by atoms with E-state index in [1.54, 1.807) is 31.2 Å². The second kappa shape index (κ2) is 6.61. The van der Waals surface area contributed by atoms with Crippen molar-refractivity contribution in [3.63, 3.8) is 0 Å². The number of sulfonamides is 1. The number of carbonyl (C=O) groups is 2. The van der Waals surface area contributed by atoms with Gasteiger partial charge in [0, 0.05) is 23.0 Å². The number of anilines is 2. The molecule has 8 heteroatoms. The zero-order valence-corrected chi connectivity index (χ0v) is 15.7. The topological polar surface area (TPSA) is 83.6 Å². The lowest BCUT2D eigenvalue weighted by molar-refractivity contribution is -0.121. The van der Waals surface area contributed by atoms with Crippen molar-refractivity contribution in [2.75, 3.05) is 9.62 Å². The van der Waals surface area contributed by atoms with Gasteiger partial charge in [-0.3, -0.25) is 19.2 Å². The summed E-state index contributed by atoms with van der Waals surface area (Å²) in [6.45, 7) is 1.67. The molecule has 0 aliphatic carbocycles. The van der Waals surface area contributed by atoms with Crippen LogP contribution in [0.5, 0.6) is 0 Å². The Labute approximate surface area is 154 Å². The number of imide groups is 1. The number of hydrogen-bond acceptors (Lipinski definition) is 4. The molecule has 130 valence electrons. The largest absolute Gasteiger partial charge is 0.280 e. The van der Waals surface area contributed by atoms with Crippen LogP contribution in [0.2, 0.25) is 0 Å². The minimum Gasteiger partial charge on any atom is -0.280 e. The first kappa shape index (κ1) is 17.6. The number of benzene rings is 2. The van der Waals surface area contributed by atoms with Crippen molar-refractivity contribution in [2.45, 2.75) is 24.7 Å². The maximum absolute atomic E-state index is 12.6. The third-order valence-electron chi connectivity index (χ3n) is 3.85. The van der Waals surface area contributed by atoms with E-state index in [9.17, 15) is 18.0 Å². The van der Waals surface area contributed by atoms with Crippen molar-refractivity contribution in [1.29, 1.82) is 0 Å². The fraction of sp³-hybridized carbons (Fsp3) is 0.176. The van der Waals surface area contributed by atoms with Gasteiger partial charge in [0.2, 0.25) is 11.8 Å². The fourth-order valence-corrected chi connectivity index (χ4v) is 4.19. The second-order valence-corrected chi connectivity index (χ2v) is 8.29. The monoisotopic (exact) mass is 422 g/mol. The zero-order valence-electron chi connectivity index (χ0n) is 13.3.